The van der Waals surface area contributed by atoms with Gasteiger partial charge >= 0.3 is 12.1 Å². The van der Waals surface area contributed by atoms with Crippen LogP contribution in [0.4, 0.5) is 4.79 Å². The normalized spacial score (nSPS) is 14.7. The number of alkyl carbamates (subject to hydrolysis) is 1. The van der Waals surface area contributed by atoms with Crippen molar-refractivity contribution >= 4 is 18.0 Å². The second-order valence-corrected chi connectivity index (χ2v) is 9.84. The van der Waals surface area contributed by atoms with E-state index in [9.17, 15) is 19.5 Å². The molecule has 33 heavy (non-hydrogen) atoms. The Morgan fingerprint density at radius 3 is 1.91 bits per heavy atom. The molecule has 7 nitrogen and oxygen atoms in total. The summed E-state index contributed by atoms with van der Waals surface area (Å²) in [5, 5.41) is 14.7. The lowest BCUT2D eigenvalue weighted by atomic mass is 9.86. The number of carboxylic acid groups (broad SMARTS) is 1. The number of carbonyl (C=O) groups is 3. The number of rotatable bonds is 7. The summed E-state index contributed by atoms with van der Waals surface area (Å²) in [7, 11) is 0. The predicted molar refractivity (Wildman–Crippen MR) is 126 cm³/mol. The lowest BCUT2D eigenvalue weighted by Crippen LogP contribution is -2.57. The molecule has 2 amide bonds. The molecule has 2 aromatic rings. The molecule has 1 aliphatic rings. The van der Waals surface area contributed by atoms with Crippen LogP contribution in [0.3, 0.4) is 0 Å². The van der Waals surface area contributed by atoms with Crippen LogP contribution in [0.15, 0.2) is 48.5 Å². The van der Waals surface area contributed by atoms with Crippen LogP contribution in [0, 0.1) is 11.3 Å². The quantitative estimate of drug-likeness (QED) is 0.585. The van der Waals surface area contributed by atoms with Crippen LogP contribution in [0.1, 0.15) is 51.7 Å². The number of benzene rings is 2. The minimum atomic E-state index is -1.13. The molecule has 2 aromatic carbocycles. The van der Waals surface area contributed by atoms with Crippen LogP contribution in [0.5, 0.6) is 0 Å². The van der Waals surface area contributed by atoms with E-state index >= 15 is 0 Å². The zero-order chi connectivity index (χ0) is 24.3. The molecular weight excluding hydrogens is 420 g/mol. The van der Waals surface area contributed by atoms with Gasteiger partial charge in [-0.25, -0.2) is 9.59 Å². The molecule has 0 spiro atoms. The molecule has 0 fully saturated rings. The lowest BCUT2D eigenvalue weighted by Gasteiger charge is -2.30. The van der Waals surface area contributed by atoms with E-state index in [0.29, 0.717) is 0 Å². The van der Waals surface area contributed by atoms with E-state index in [0.717, 1.165) is 22.3 Å². The average Bonchev–Trinajstić information content (AvgIpc) is 3.06. The number of aliphatic carboxylic acids is 1. The summed E-state index contributed by atoms with van der Waals surface area (Å²) in [5.74, 6) is -2.04. The molecule has 0 aliphatic heterocycles. The first-order valence-corrected chi connectivity index (χ1v) is 11.2. The Balaban J connectivity index is 1.68. The number of hydrogen-bond acceptors (Lipinski definition) is 4. The number of carbonyl (C=O) groups excluding carboxylic acids is 2. The van der Waals surface area contributed by atoms with Crippen molar-refractivity contribution in [2.24, 2.45) is 11.3 Å². The van der Waals surface area contributed by atoms with E-state index in [2.05, 4.69) is 22.8 Å². The molecule has 0 heterocycles. The summed E-state index contributed by atoms with van der Waals surface area (Å²) < 4.78 is 5.54. The SMILES string of the molecule is CC(C)C(NC(=O)OCC1c2ccccc2-c2ccccc21)C(=O)N[C@@H](C(=O)O)C(C)(C)C. The highest BCUT2D eigenvalue weighted by atomic mass is 16.5. The fourth-order valence-corrected chi connectivity index (χ4v) is 4.18. The number of carboxylic acids is 1. The van der Waals surface area contributed by atoms with Gasteiger partial charge in [0.05, 0.1) is 0 Å². The topological polar surface area (TPSA) is 105 Å². The van der Waals surface area contributed by atoms with Gasteiger partial charge in [-0.2, -0.15) is 0 Å². The summed E-state index contributed by atoms with van der Waals surface area (Å²) in [4.78, 5) is 37.1. The molecular formula is C26H32N2O5. The van der Waals surface area contributed by atoms with Crippen LogP contribution in [-0.4, -0.2) is 41.8 Å². The van der Waals surface area contributed by atoms with Crippen molar-refractivity contribution in [2.45, 2.75) is 52.6 Å². The first kappa shape index (κ1) is 24.3. The van der Waals surface area contributed by atoms with Gasteiger partial charge in [0.2, 0.25) is 5.91 Å². The monoisotopic (exact) mass is 452 g/mol. The lowest BCUT2D eigenvalue weighted by molar-refractivity contribution is -0.145. The summed E-state index contributed by atoms with van der Waals surface area (Å²) >= 11 is 0. The zero-order valence-electron chi connectivity index (χ0n) is 19.7. The van der Waals surface area contributed by atoms with E-state index in [1.54, 1.807) is 34.6 Å². The molecule has 0 aromatic heterocycles. The Morgan fingerprint density at radius 2 is 1.45 bits per heavy atom. The maximum absolute atomic E-state index is 12.8. The van der Waals surface area contributed by atoms with Gasteiger partial charge in [0, 0.05) is 5.92 Å². The molecule has 1 unspecified atom stereocenters. The number of nitrogens with one attached hydrogen (secondary N) is 2. The molecule has 0 saturated heterocycles. The Bertz CT molecular complexity index is 995. The van der Waals surface area contributed by atoms with E-state index in [-0.39, 0.29) is 18.4 Å². The second-order valence-electron chi connectivity index (χ2n) is 9.84. The Morgan fingerprint density at radius 1 is 0.939 bits per heavy atom. The third kappa shape index (κ3) is 5.35. The number of amides is 2. The van der Waals surface area contributed by atoms with Gasteiger partial charge in [0.25, 0.3) is 0 Å². The van der Waals surface area contributed by atoms with Crippen molar-refractivity contribution in [3.05, 3.63) is 59.7 Å². The number of hydrogen-bond donors (Lipinski definition) is 3. The van der Waals surface area contributed by atoms with Gasteiger partial charge in [-0.15, -0.1) is 0 Å². The van der Waals surface area contributed by atoms with E-state index in [4.69, 9.17) is 4.74 Å². The second kappa shape index (κ2) is 9.65. The largest absolute Gasteiger partial charge is 0.480 e. The molecule has 3 rings (SSSR count). The van der Waals surface area contributed by atoms with Crippen molar-refractivity contribution in [1.82, 2.24) is 10.6 Å². The third-order valence-corrected chi connectivity index (χ3v) is 5.97. The maximum Gasteiger partial charge on any atom is 0.407 e. The molecule has 176 valence electrons. The van der Waals surface area contributed by atoms with Gasteiger partial charge < -0.3 is 20.5 Å². The van der Waals surface area contributed by atoms with E-state index < -0.39 is 35.5 Å². The van der Waals surface area contributed by atoms with Gasteiger partial charge in [-0.3, -0.25) is 4.79 Å². The van der Waals surface area contributed by atoms with Crippen LogP contribution in [-0.2, 0) is 14.3 Å². The summed E-state index contributed by atoms with van der Waals surface area (Å²) in [5.41, 5.74) is 3.76. The summed E-state index contributed by atoms with van der Waals surface area (Å²) in [6.45, 7) is 8.88. The summed E-state index contributed by atoms with van der Waals surface area (Å²) in [6.07, 6.45) is -0.714. The van der Waals surface area contributed by atoms with Gasteiger partial charge in [-0.05, 0) is 33.6 Å². The molecule has 7 heteroatoms. The number of fused-ring (bicyclic) bond motifs is 3. The molecule has 3 N–H and O–H groups in total. The predicted octanol–water partition coefficient (Wildman–Crippen LogP) is 4.17. The van der Waals surface area contributed by atoms with Crippen molar-refractivity contribution in [3.63, 3.8) is 0 Å². The van der Waals surface area contributed by atoms with Crippen LogP contribution < -0.4 is 10.6 Å². The van der Waals surface area contributed by atoms with Gasteiger partial charge in [0.15, 0.2) is 0 Å². The fraction of sp³-hybridized carbons (Fsp3) is 0.423. The minimum absolute atomic E-state index is 0.0910. The van der Waals surface area contributed by atoms with E-state index in [1.165, 1.54) is 0 Å². The minimum Gasteiger partial charge on any atom is -0.480 e. The van der Waals surface area contributed by atoms with Crippen molar-refractivity contribution in [1.29, 1.82) is 0 Å². The first-order valence-electron chi connectivity index (χ1n) is 11.2. The zero-order valence-corrected chi connectivity index (χ0v) is 19.7. The molecule has 0 saturated carbocycles. The average molecular weight is 453 g/mol. The Hall–Kier alpha value is -3.35. The Labute approximate surface area is 194 Å². The van der Waals surface area contributed by atoms with Gasteiger partial charge in [-0.1, -0.05) is 83.1 Å². The highest BCUT2D eigenvalue weighted by Gasteiger charge is 2.36. The summed E-state index contributed by atoms with van der Waals surface area (Å²) in [6, 6.07) is 14.1. The highest BCUT2D eigenvalue weighted by Crippen LogP contribution is 2.44. The fourth-order valence-electron chi connectivity index (χ4n) is 4.18. The van der Waals surface area contributed by atoms with E-state index in [1.807, 2.05) is 36.4 Å². The first-order chi connectivity index (χ1) is 15.5. The van der Waals surface area contributed by atoms with Crippen LogP contribution >= 0.6 is 0 Å². The molecule has 0 bridgehead atoms. The maximum atomic E-state index is 12.8. The molecule has 1 aliphatic carbocycles. The van der Waals surface area contributed by atoms with Gasteiger partial charge in [0.1, 0.15) is 18.7 Å². The van der Waals surface area contributed by atoms with Crippen molar-refractivity contribution in [3.8, 4) is 11.1 Å². The van der Waals surface area contributed by atoms with Crippen LogP contribution in [0.25, 0.3) is 11.1 Å². The van der Waals surface area contributed by atoms with Crippen LogP contribution in [0.2, 0.25) is 0 Å². The highest BCUT2D eigenvalue weighted by molar-refractivity contribution is 5.89. The number of ether oxygens (including phenoxy) is 1. The molecule has 2 atom stereocenters. The smallest absolute Gasteiger partial charge is 0.407 e. The standard InChI is InChI=1S/C26H32N2O5/c1-15(2)21(23(29)28-22(24(30)31)26(3,4)5)27-25(32)33-14-20-18-12-8-6-10-16(18)17-11-7-9-13-19(17)20/h6-13,15,20-22H,14H2,1-5H3,(H,27,32)(H,28,29)(H,30,31)/t21?,22-/m0/s1. The van der Waals surface area contributed by atoms with Crippen molar-refractivity contribution < 1.29 is 24.2 Å². The third-order valence-electron chi connectivity index (χ3n) is 5.97. The van der Waals surface area contributed by atoms with Crippen molar-refractivity contribution in [2.75, 3.05) is 6.61 Å². The molecule has 0 radical (unpaired) electrons. The Kier molecular flexibility index (Phi) is 7.10.